The van der Waals surface area contributed by atoms with Crippen LogP contribution in [0.5, 0.6) is 0 Å². The summed E-state index contributed by atoms with van der Waals surface area (Å²) >= 11 is 0. The molecule has 0 saturated heterocycles. The molecule has 1 amide bonds. The number of amides is 1. The van der Waals surface area contributed by atoms with E-state index in [1.54, 1.807) is 12.3 Å². The summed E-state index contributed by atoms with van der Waals surface area (Å²) in [7, 11) is 0. The Balaban J connectivity index is 2.24. The lowest BCUT2D eigenvalue weighted by atomic mass is 10.2. The number of rotatable bonds is 6. The molecule has 0 fully saturated rings. The second-order valence-electron chi connectivity index (χ2n) is 4.46. The number of benzene rings is 1. The van der Waals surface area contributed by atoms with Crippen molar-refractivity contribution in [3.8, 4) is 0 Å². The highest BCUT2D eigenvalue weighted by Gasteiger charge is 2.09. The van der Waals surface area contributed by atoms with Crippen LogP contribution in [0.3, 0.4) is 0 Å². The number of carbonyl (C=O) groups excluding carboxylic acids is 1. The highest BCUT2D eigenvalue weighted by molar-refractivity contribution is 5.91. The van der Waals surface area contributed by atoms with E-state index in [0.717, 1.165) is 12.2 Å². The molecule has 20 heavy (non-hydrogen) atoms. The van der Waals surface area contributed by atoms with Crippen molar-refractivity contribution in [3.05, 3.63) is 59.9 Å². The second-order valence-corrected chi connectivity index (χ2v) is 4.46. The molecule has 4 N–H and O–H groups in total. The highest BCUT2D eigenvalue weighted by Crippen LogP contribution is 2.17. The number of hydrogen-bond donors (Lipinski definition) is 2. The van der Waals surface area contributed by atoms with Gasteiger partial charge in [-0.1, -0.05) is 30.3 Å². The summed E-state index contributed by atoms with van der Waals surface area (Å²) in [5, 5.41) is 0. The average molecular weight is 270 g/mol. The highest BCUT2D eigenvalue weighted by atomic mass is 16.1. The molecular weight excluding hydrogens is 252 g/mol. The molecule has 1 aromatic carbocycles. The van der Waals surface area contributed by atoms with Crippen LogP contribution in [-0.4, -0.2) is 24.0 Å². The van der Waals surface area contributed by atoms with E-state index in [0.29, 0.717) is 13.1 Å². The topological polar surface area (TPSA) is 85.2 Å². The summed E-state index contributed by atoms with van der Waals surface area (Å²) in [6.45, 7) is 1.94. The zero-order chi connectivity index (χ0) is 14.4. The normalized spacial score (nSPS) is 10.2. The van der Waals surface area contributed by atoms with Crippen LogP contribution in [0.25, 0.3) is 0 Å². The molecule has 1 heterocycles. The minimum absolute atomic E-state index is 0.262. The van der Waals surface area contributed by atoms with Crippen LogP contribution in [0.1, 0.15) is 16.1 Å². The molecule has 5 nitrogen and oxygen atoms in total. The lowest BCUT2D eigenvalue weighted by molar-refractivity contribution is 0.0995. The molecule has 5 heteroatoms. The summed E-state index contributed by atoms with van der Waals surface area (Å²) in [5.41, 5.74) is 13.3. The predicted molar refractivity (Wildman–Crippen MR) is 79.3 cm³/mol. The molecule has 104 valence electrons. The molecule has 0 aliphatic rings. The van der Waals surface area contributed by atoms with Crippen LogP contribution in [0, 0.1) is 0 Å². The van der Waals surface area contributed by atoms with Crippen LogP contribution in [0.15, 0.2) is 48.7 Å². The van der Waals surface area contributed by atoms with Crippen LogP contribution >= 0.6 is 0 Å². The third kappa shape index (κ3) is 3.55. The predicted octanol–water partition coefficient (Wildman–Crippen LogP) is 1.15. The number of hydrogen-bond acceptors (Lipinski definition) is 4. The molecule has 0 unspecified atom stereocenters. The Morgan fingerprint density at radius 1 is 1.20 bits per heavy atom. The van der Waals surface area contributed by atoms with E-state index in [2.05, 4.69) is 22.0 Å². The van der Waals surface area contributed by atoms with Gasteiger partial charge in [0.1, 0.15) is 5.69 Å². The molecule has 0 atom stereocenters. The van der Waals surface area contributed by atoms with Gasteiger partial charge in [-0.05, 0) is 17.7 Å². The molecule has 0 aliphatic heterocycles. The summed E-state index contributed by atoms with van der Waals surface area (Å²) in [6.07, 6.45) is 1.59. The van der Waals surface area contributed by atoms with E-state index < -0.39 is 5.91 Å². The standard InChI is InChI=1S/C15H18N4O/c16-7-9-19(11-12-4-2-1-3-5-12)13-6-8-18-14(10-13)15(17)20/h1-6,8,10H,7,9,11,16H2,(H2,17,20). The van der Waals surface area contributed by atoms with E-state index in [9.17, 15) is 4.79 Å². The van der Waals surface area contributed by atoms with Crippen LogP contribution in [-0.2, 0) is 6.54 Å². The molecule has 0 saturated carbocycles. The van der Waals surface area contributed by atoms with Gasteiger partial charge in [0.05, 0.1) is 0 Å². The molecule has 2 rings (SSSR count). The van der Waals surface area contributed by atoms with Crippen molar-refractivity contribution < 1.29 is 4.79 Å². The van der Waals surface area contributed by atoms with Crippen molar-refractivity contribution in [2.24, 2.45) is 11.5 Å². The van der Waals surface area contributed by atoms with Crippen LogP contribution < -0.4 is 16.4 Å². The number of pyridine rings is 1. The maximum absolute atomic E-state index is 11.2. The smallest absolute Gasteiger partial charge is 0.267 e. The van der Waals surface area contributed by atoms with Gasteiger partial charge in [-0.3, -0.25) is 9.78 Å². The molecule has 2 aromatic rings. The van der Waals surface area contributed by atoms with E-state index in [1.165, 1.54) is 5.56 Å². The van der Waals surface area contributed by atoms with Gasteiger partial charge in [-0.25, -0.2) is 0 Å². The Morgan fingerprint density at radius 3 is 2.60 bits per heavy atom. The van der Waals surface area contributed by atoms with E-state index in [1.807, 2.05) is 24.3 Å². The fourth-order valence-corrected chi connectivity index (χ4v) is 2.01. The van der Waals surface area contributed by atoms with Gasteiger partial charge in [0.25, 0.3) is 5.91 Å². The fraction of sp³-hybridized carbons (Fsp3) is 0.200. The van der Waals surface area contributed by atoms with Crippen molar-refractivity contribution in [3.63, 3.8) is 0 Å². The number of nitrogens with two attached hydrogens (primary N) is 2. The van der Waals surface area contributed by atoms with Crippen molar-refractivity contribution >= 4 is 11.6 Å². The first-order chi connectivity index (χ1) is 9.70. The molecule has 0 bridgehead atoms. The van der Waals surface area contributed by atoms with Crippen molar-refractivity contribution in [2.75, 3.05) is 18.0 Å². The van der Waals surface area contributed by atoms with Gasteiger partial charge in [0.15, 0.2) is 0 Å². The van der Waals surface area contributed by atoms with Crippen molar-refractivity contribution in [1.82, 2.24) is 4.98 Å². The zero-order valence-electron chi connectivity index (χ0n) is 11.2. The fourth-order valence-electron chi connectivity index (χ4n) is 2.01. The minimum atomic E-state index is -0.528. The average Bonchev–Trinajstić information content (AvgIpc) is 2.48. The summed E-state index contributed by atoms with van der Waals surface area (Å²) in [4.78, 5) is 17.3. The lowest BCUT2D eigenvalue weighted by Crippen LogP contribution is -2.29. The van der Waals surface area contributed by atoms with Gasteiger partial charge < -0.3 is 16.4 Å². The Labute approximate surface area is 118 Å². The van der Waals surface area contributed by atoms with Gasteiger partial charge in [-0.15, -0.1) is 0 Å². The van der Waals surface area contributed by atoms with Gasteiger partial charge in [0, 0.05) is 31.5 Å². The maximum Gasteiger partial charge on any atom is 0.267 e. The number of primary amides is 1. The van der Waals surface area contributed by atoms with Gasteiger partial charge in [0.2, 0.25) is 0 Å². The second kappa shape index (κ2) is 6.68. The third-order valence-corrected chi connectivity index (χ3v) is 2.98. The van der Waals surface area contributed by atoms with Crippen LogP contribution in [0.2, 0.25) is 0 Å². The van der Waals surface area contributed by atoms with Crippen molar-refractivity contribution in [2.45, 2.75) is 6.54 Å². The number of nitrogens with zero attached hydrogens (tertiary/aromatic N) is 2. The summed E-state index contributed by atoms with van der Waals surface area (Å²) in [6, 6.07) is 13.6. The Hall–Kier alpha value is -2.40. The van der Waals surface area contributed by atoms with E-state index in [4.69, 9.17) is 11.5 Å². The summed E-state index contributed by atoms with van der Waals surface area (Å²) in [5.74, 6) is -0.528. The largest absolute Gasteiger partial charge is 0.366 e. The first-order valence-corrected chi connectivity index (χ1v) is 6.45. The van der Waals surface area contributed by atoms with Gasteiger partial charge in [-0.2, -0.15) is 0 Å². The van der Waals surface area contributed by atoms with Crippen LogP contribution in [0.4, 0.5) is 5.69 Å². The molecule has 0 spiro atoms. The number of anilines is 1. The first-order valence-electron chi connectivity index (χ1n) is 6.45. The molecule has 1 aromatic heterocycles. The Bertz CT molecular complexity index is 571. The SMILES string of the molecule is NCCN(Cc1ccccc1)c1ccnc(C(N)=O)c1. The zero-order valence-corrected chi connectivity index (χ0v) is 11.2. The monoisotopic (exact) mass is 270 g/mol. The van der Waals surface area contributed by atoms with E-state index >= 15 is 0 Å². The van der Waals surface area contributed by atoms with Crippen molar-refractivity contribution in [1.29, 1.82) is 0 Å². The maximum atomic E-state index is 11.2. The lowest BCUT2D eigenvalue weighted by Gasteiger charge is -2.24. The summed E-state index contributed by atoms with van der Waals surface area (Å²) < 4.78 is 0. The first kappa shape index (κ1) is 14.0. The van der Waals surface area contributed by atoms with E-state index in [-0.39, 0.29) is 5.69 Å². The molecule has 0 aliphatic carbocycles. The van der Waals surface area contributed by atoms with Gasteiger partial charge >= 0.3 is 0 Å². The Morgan fingerprint density at radius 2 is 1.95 bits per heavy atom. The minimum Gasteiger partial charge on any atom is -0.366 e. The molecular formula is C15H18N4O. The molecule has 0 radical (unpaired) electrons. The number of aromatic nitrogens is 1. The quantitative estimate of drug-likeness (QED) is 0.824. The number of carbonyl (C=O) groups is 1. The third-order valence-electron chi connectivity index (χ3n) is 2.98. The Kier molecular flexibility index (Phi) is 4.68.